The van der Waals surface area contributed by atoms with Crippen LogP contribution in [0, 0.1) is 11.7 Å². The normalized spacial score (nSPS) is 17.9. The minimum atomic E-state index is -0.213. The highest BCUT2D eigenvalue weighted by Gasteiger charge is 2.23. The van der Waals surface area contributed by atoms with Crippen molar-refractivity contribution in [3.05, 3.63) is 35.6 Å². The number of aliphatic imine (C=N–C) groups is 1. The van der Waals surface area contributed by atoms with E-state index in [0.29, 0.717) is 0 Å². The van der Waals surface area contributed by atoms with E-state index in [1.54, 1.807) is 19.2 Å². The highest BCUT2D eigenvalue weighted by atomic mass is 127. The number of carbonyl (C=O) groups is 1. The van der Waals surface area contributed by atoms with Crippen molar-refractivity contribution in [3.8, 4) is 0 Å². The number of carbonyl (C=O) groups excluding carboxylic acids is 1. The van der Waals surface area contributed by atoms with Crippen LogP contribution in [0.2, 0.25) is 0 Å². The number of nitrogens with zero attached hydrogens (tertiary/aromatic N) is 2. The van der Waals surface area contributed by atoms with E-state index in [9.17, 15) is 9.18 Å². The van der Waals surface area contributed by atoms with Gasteiger partial charge in [0.1, 0.15) is 5.82 Å². The first-order valence-corrected chi connectivity index (χ1v) is 9.29. The fraction of sp³-hybridized carbons (Fsp3) is 0.579. The van der Waals surface area contributed by atoms with Crippen LogP contribution in [0.15, 0.2) is 29.3 Å². The van der Waals surface area contributed by atoms with Gasteiger partial charge in [-0.05, 0) is 56.5 Å². The van der Waals surface area contributed by atoms with Gasteiger partial charge in [-0.3, -0.25) is 9.79 Å². The van der Waals surface area contributed by atoms with Crippen molar-refractivity contribution < 1.29 is 9.18 Å². The Hall–Kier alpha value is -1.42. The van der Waals surface area contributed by atoms with Gasteiger partial charge in [-0.2, -0.15) is 0 Å². The van der Waals surface area contributed by atoms with Crippen LogP contribution in [0.3, 0.4) is 0 Å². The number of nitrogens with two attached hydrogens (primary N) is 1. The Balaban J connectivity index is 0.00000364. The number of nitrogens with one attached hydrogen (secondary N) is 2. The molecule has 1 aliphatic rings. The molecule has 1 unspecified atom stereocenters. The van der Waals surface area contributed by atoms with Crippen LogP contribution in [0.25, 0.3) is 0 Å². The summed E-state index contributed by atoms with van der Waals surface area (Å²) in [4.78, 5) is 17.8. The zero-order valence-corrected chi connectivity index (χ0v) is 18.2. The summed E-state index contributed by atoms with van der Waals surface area (Å²) in [6.07, 6.45) is 3.73. The minimum absolute atomic E-state index is 0. The van der Waals surface area contributed by atoms with Crippen molar-refractivity contribution in [2.24, 2.45) is 16.6 Å². The fourth-order valence-electron chi connectivity index (χ4n) is 3.20. The topological polar surface area (TPSA) is 82.8 Å². The molecule has 1 aromatic carbocycles. The van der Waals surface area contributed by atoms with Gasteiger partial charge in [0.2, 0.25) is 5.91 Å². The lowest BCUT2D eigenvalue weighted by molar-refractivity contribution is -0.123. The van der Waals surface area contributed by atoms with Crippen LogP contribution in [0.5, 0.6) is 0 Å². The fourth-order valence-corrected chi connectivity index (χ4v) is 3.20. The summed E-state index contributed by atoms with van der Waals surface area (Å²) >= 11 is 0. The van der Waals surface area contributed by atoms with E-state index in [-0.39, 0.29) is 41.6 Å². The molecule has 0 saturated carbocycles. The first-order chi connectivity index (χ1) is 12.6. The summed E-state index contributed by atoms with van der Waals surface area (Å²) in [6, 6.07) is 6.55. The molecule has 2 rings (SSSR count). The summed E-state index contributed by atoms with van der Waals surface area (Å²) in [5, 5.41) is 6.56. The number of hydrogen-bond donors (Lipinski definition) is 3. The van der Waals surface area contributed by atoms with Gasteiger partial charge in [-0.25, -0.2) is 4.39 Å². The molecule has 1 saturated heterocycles. The first-order valence-electron chi connectivity index (χ1n) is 9.29. The Morgan fingerprint density at radius 1 is 1.30 bits per heavy atom. The van der Waals surface area contributed by atoms with Crippen LogP contribution >= 0.6 is 24.0 Å². The maximum absolute atomic E-state index is 12.9. The van der Waals surface area contributed by atoms with E-state index in [1.807, 2.05) is 0 Å². The molecule has 1 atom stereocenters. The molecule has 27 heavy (non-hydrogen) atoms. The van der Waals surface area contributed by atoms with Gasteiger partial charge in [0.05, 0.1) is 5.92 Å². The average Bonchev–Trinajstić information content (AvgIpc) is 2.65. The molecule has 0 spiro atoms. The summed E-state index contributed by atoms with van der Waals surface area (Å²) in [5.41, 5.74) is 6.50. The molecule has 1 fully saturated rings. The third-order valence-electron chi connectivity index (χ3n) is 4.69. The number of piperidine rings is 1. The SMILES string of the molecule is CN=C(NCCCN1CCCC(C(N)=O)C1)NCCc1ccc(F)cc1.I. The molecule has 1 amide bonds. The van der Waals surface area contributed by atoms with Gasteiger partial charge in [-0.1, -0.05) is 12.1 Å². The zero-order chi connectivity index (χ0) is 18.8. The minimum Gasteiger partial charge on any atom is -0.369 e. The Labute approximate surface area is 178 Å². The van der Waals surface area contributed by atoms with Gasteiger partial charge in [0.15, 0.2) is 5.96 Å². The maximum Gasteiger partial charge on any atom is 0.221 e. The van der Waals surface area contributed by atoms with Crippen molar-refractivity contribution in [1.29, 1.82) is 0 Å². The van der Waals surface area contributed by atoms with Gasteiger partial charge < -0.3 is 21.3 Å². The van der Waals surface area contributed by atoms with Crippen molar-refractivity contribution in [2.45, 2.75) is 25.7 Å². The van der Waals surface area contributed by atoms with Crippen LogP contribution < -0.4 is 16.4 Å². The second kappa shape index (κ2) is 12.9. The van der Waals surface area contributed by atoms with E-state index >= 15 is 0 Å². The van der Waals surface area contributed by atoms with Crippen LogP contribution in [-0.4, -0.2) is 56.5 Å². The number of likely N-dealkylation sites (tertiary alicyclic amines) is 1. The van der Waals surface area contributed by atoms with Crippen LogP contribution in [-0.2, 0) is 11.2 Å². The Morgan fingerprint density at radius 3 is 2.67 bits per heavy atom. The number of rotatable bonds is 8. The maximum atomic E-state index is 12.9. The first kappa shape index (κ1) is 23.6. The van der Waals surface area contributed by atoms with Crippen molar-refractivity contribution in [3.63, 3.8) is 0 Å². The lowest BCUT2D eigenvalue weighted by Gasteiger charge is -2.31. The van der Waals surface area contributed by atoms with Crippen LogP contribution in [0.4, 0.5) is 4.39 Å². The largest absolute Gasteiger partial charge is 0.369 e. The summed E-state index contributed by atoms with van der Waals surface area (Å²) in [7, 11) is 1.75. The molecule has 1 aliphatic heterocycles. The Bertz CT molecular complexity index is 596. The number of hydrogen-bond acceptors (Lipinski definition) is 3. The molecular weight excluding hydrogens is 460 g/mol. The summed E-state index contributed by atoms with van der Waals surface area (Å²) < 4.78 is 12.9. The van der Waals surface area contributed by atoms with E-state index in [0.717, 1.165) is 69.9 Å². The van der Waals surface area contributed by atoms with Gasteiger partial charge in [0, 0.05) is 26.7 Å². The second-order valence-corrected chi connectivity index (χ2v) is 6.70. The third kappa shape index (κ3) is 8.87. The lowest BCUT2D eigenvalue weighted by Crippen LogP contribution is -2.43. The van der Waals surface area contributed by atoms with Crippen molar-refractivity contribution in [2.75, 3.05) is 39.8 Å². The number of halogens is 2. The molecule has 0 bridgehead atoms. The van der Waals surface area contributed by atoms with Gasteiger partial charge in [-0.15, -0.1) is 24.0 Å². The number of amides is 1. The van der Waals surface area contributed by atoms with Crippen molar-refractivity contribution >= 4 is 35.8 Å². The molecule has 1 aromatic rings. The predicted octanol–water partition coefficient (Wildman–Crippen LogP) is 1.74. The highest BCUT2D eigenvalue weighted by molar-refractivity contribution is 14.0. The van der Waals surface area contributed by atoms with E-state index < -0.39 is 0 Å². The molecule has 8 heteroatoms. The molecule has 0 aromatic heterocycles. The highest BCUT2D eigenvalue weighted by Crippen LogP contribution is 2.15. The number of benzene rings is 1. The number of guanidine groups is 1. The van der Waals surface area contributed by atoms with E-state index in [1.165, 1.54) is 12.1 Å². The summed E-state index contributed by atoms with van der Waals surface area (Å²) in [5.74, 6) is 0.368. The molecule has 6 nitrogen and oxygen atoms in total. The molecule has 1 heterocycles. The molecular formula is C19H31FIN5O. The Kier molecular flexibility index (Phi) is 11.3. The van der Waals surface area contributed by atoms with E-state index in [4.69, 9.17) is 5.73 Å². The monoisotopic (exact) mass is 491 g/mol. The third-order valence-corrected chi connectivity index (χ3v) is 4.69. The molecule has 0 aliphatic carbocycles. The zero-order valence-electron chi connectivity index (χ0n) is 15.9. The standard InChI is InChI=1S/C19H30FN5O.HI/c1-22-19(24-11-9-15-5-7-17(20)8-6-15)23-10-3-13-25-12-2-4-16(14-25)18(21)26;/h5-8,16H,2-4,9-14H2,1H3,(H2,21,26)(H2,22,23,24);1H. The molecule has 0 radical (unpaired) electrons. The molecule has 4 N–H and O–H groups in total. The van der Waals surface area contributed by atoms with Gasteiger partial charge in [0.25, 0.3) is 0 Å². The Morgan fingerprint density at radius 2 is 2.00 bits per heavy atom. The average molecular weight is 491 g/mol. The molecule has 152 valence electrons. The second-order valence-electron chi connectivity index (χ2n) is 6.70. The quantitative estimate of drug-likeness (QED) is 0.224. The lowest BCUT2D eigenvalue weighted by atomic mass is 9.97. The van der Waals surface area contributed by atoms with Gasteiger partial charge >= 0.3 is 0 Å². The predicted molar refractivity (Wildman–Crippen MR) is 118 cm³/mol. The summed E-state index contributed by atoms with van der Waals surface area (Å²) in [6.45, 7) is 4.31. The van der Waals surface area contributed by atoms with Crippen LogP contribution in [0.1, 0.15) is 24.8 Å². The number of primary amides is 1. The smallest absolute Gasteiger partial charge is 0.221 e. The van der Waals surface area contributed by atoms with E-state index in [2.05, 4.69) is 20.5 Å². The van der Waals surface area contributed by atoms with Crippen molar-refractivity contribution in [1.82, 2.24) is 15.5 Å².